The van der Waals surface area contributed by atoms with Crippen LogP contribution in [-0.2, 0) is 6.54 Å². The molecule has 6 heteroatoms. The zero-order valence-corrected chi connectivity index (χ0v) is 13.6. The van der Waals surface area contributed by atoms with E-state index in [1.807, 2.05) is 12.1 Å². The summed E-state index contributed by atoms with van der Waals surface area (Å²) in [5, 5.41) is 20.2. The molecule has 0 aliphatic carbocycles. The Balaban J connectivity index is 2.13. The van der Waals surface area contributed by atoms with Crippen molar-refractivity contribution >= 4 is 44.4 Å². The molecule has 2 aromatic carbocycles. The number of carboxylic acids is 1. The number of carbonyl (C=O) groups is 1. The van der Waals surface area contributed by atoms with E-state index < -0.39 is 5.97 Å². The fraction of sp³-hybridized carbons (Fsp3) is 0.0625. The zero-order chi connectivity index (χ0) is 15.9. The van der Waals surface area contributed by atoms with Gasteiger partial charge >= 0.3 is 5.97 Å². The maximum atomic E-state index is 11.5. The van der Waals surface area contributed by atoms with Crippen molar-refractivity contribution in [2.24, 2.45) is 0 Å². The lowest BCUT2D eigenvalue weighted by molar-refractivity contribution is 0.0686. The molecule has 0 saturated heterocycles. The van der Waals surface area contributed by atoms with Crippen molar-refractivity contribution in [3.63, 3.8) is 0 Å². The van der Waals surface area contributed by atoms with Crippen LogP contribution in [0.15, 0.2) is 46.9 Å². The van der Waals surface area contributed by atoms with Crippen molar-refractivity contribution < 1.29 is 15.0 Å². The number of phenols is 1. The molecule has 112 valence electrons. The van der Waals surface area contributed by atoms with Gasteiger partial charge < -0.3 is 14.8 Å². The highest BCUT2D eigenvalue weighted by Crippen LogP contribution is 2.27. The molecule has 0 spiro atoms. The molecule has 4 nitrogen and oxygen atoms in total. The van der Waals surface area contributed by atoms with E-state index in [0.717, 1.165) is 15.6 Å². The summed E-state index contributed by atoms with van der Waals surface area (Å²) in [6, 6.07) is 11.8. The number of rotatable bonds is 3. The van der Waals surface area contributed by atoms with E-state index in [2.05, 4.69) is 15.9 Å². The van der Waals surface area contributed by atoms with Crippen LogP contribution in [0.5, 0.6) is 5.75 Å². The molecule has 1 heterocycles. The van der Waals surface area contributed by atoms with Crippen LogP contribution >= 0.6 is 27.5 Å². The van der Waals surface area contributed by atoms with Gasteiger partial charge in [0, 0.05) is 21.9 Å². The largest absolute Gasteiger partial charge is 0.508 e. The molecule has 0 aliphatic rings. The first-order valence-electron chi connectivity index (χ1n) is 6.45. The summed E-state index contributed by atoms with van der Waals surface area (Å²) in [4.78, 5) is 11.5. The molecule has 0 aliphatic heterocycles. The first kappa shape index (κ1) is 14.9. The van der Waals surface area contributed by atoms with E-state index in [1.165, 1.54) is 0 Å². The number of aromatic nitrogens is 1. The molecule has 0 radical (unpaired) electrons. The van der Waals surface area contributed by atoms with E-state index in [9.17, 15) is 15.0 Å². The second kappa shape index (κ2) is 5.66. The highest BCUT2D eigenvalue weighted by atomic mass is 79.9. The van der Waals surface area contributed by atoms with Crippen LogP contribution in [0.2, 0.25) is 5.02 Å². The summed E-state index contributed by atoms with van der Waals surface area (Å²) in [6.45, 7) is 0.395. The Kier molecular flexibility index (Phi) is 3.85. The van der Waals surface area contributed by atoms with Gasteiger partial charge in [-0.15, -0.1) is 0 Å². The van der Waals surface area contributed by atoms with Gasteiger partial charge in [-0.25, -0.2) is 4.79 Å². The molecular weight excluding hydrogens is 370 g/mol. The van der Waals surface area contributed by atoms with Crippen molar-refractivity contribution in [2.75, 3.05) is 0 Å². The second-order valence-electron chi connectivity index (χ2n) is 4.91. The first-order valence-corrected chi connectivity index (χ1v) is 7.62. The van der Waals surface area contributed by atoms with Crippen molar-refractivity contribution in [3.8, 4) is 5.75 Å². The van der Waals surface area contributed by atoms with E-state index >= 15 is 0 Å². The minimum absolute atomic E-state index is 0.107. The van der Waals surface area contributed by atoms with Crippen LogP contribution in [-0.4, -0.2) is 20.7 Å². The number of benzene rings is 2. The molecule has 3 aromatic rings. The van der Waals surface area contributed by atoms with Gasteiger partial charge in [-0.2, -0.15) is 0 Å². The second-order valence-corrected chi connectivity index (χ2v) is 6.17. The van der Waals surface area contributed by atoms with Crippen LogP contribution in [0.1, 0.15) is 16.1 Å². The Labute approximate surface area is 139 Å². The van der Waals surface area contributed by atoms with Crippen LogP contribution in [0, 0.1) is 0 Å². The maximum Gasteiger partial charge on any atom is 0.352 e. The van der Waals surface area contributed by atoms with Crippen molar-refractivity contribution in [1.82, 2.24) is 4.57 Å². The van der Waals surface area contributed by atoms with E-state index in [4.69, 9.17) is 11.6 Å². The Morgan fingerprint density at radius 2 is 1.95 bits per heavy atom. The summed E-state index contributed by atoms with van der Waals surface area (Å²) in [6.07, 6.45) is 0. The third-order valence-electron chi connectivity index (χ3n) is 3.43. The fourth-order valence-electron chi connectivity index (χ4n) is 2.43. The molecule has 0 saturated carbocycles. The van der Waals surface area contributed by atoms with Crippen LogP contribution in [0.4, 0.5) is 0 Å². The van der Waals surface area contributed by atoms with Gasteiger partial charge in [0.05, 0.1) is 5.02 Å². The minimum atomic E-state index is -1.01. The number of hydrogen-bond acceptors (Lipinski definition) is 2. The van der Waals surface area contributed by atoms with Gasteiger partial charge in [0.25, 0.3) is 0 Å². The lowest BCUT2D eigenvalue weighted by Crippen LogP contribution is -2.09. The Morgan fingerprint density at radius 3 is 2.64 bits per heavy atom. The van der Waals surface area contributed by atoms with E-state index in [1.54, 1.807) is 34.9 Å². The van der Waals surface area contributed by atoms with Crippen molar-refractivity contribution in [3.05, 3.63) is 63.2 Å². The predicted octanol–water partition coefficient (Wildman–Crippen LogP) is 4.51. The zero-order valence-electron chi connectivity index (χ0n) is 11.3. The highest BCUT2D eigenvalue weighted by Gasteiger charge is 2.15. The van der Waals surface area contributed by atoms with Gasteiger partial charge in [0.2, 0.25) is 0 Å². The smallest absolute Gasteiger partial charge is 0.352 e. The quantitative estimate of drug-likeness (QED) is 0.703. The summed E-state index contributed by atoms with van der Waals surface area (Å²) in [5.41, 5.74) is 1.84. The van der Waals surface area contributed by atoms with Gasteiger partial charge in [-0.1, -0.05) is 17.7 Å². The monoisotopic (exact) mass is 379 g/mol. The number of carboxylic acid groups (broad SMARTS) is 1. The predicted molar refractivity (Wildman–Crippen MR) is 88.8 cm³/mol. The summed E-state index contributed by atoms with van der Waals surface area (Å²) in [7, 11) is 0. The lowest BCUT2D eigenvalue weighted by atomic mass is 10.2. The Bertz CT molecular complexity index is 888. The normalized spacial score (nSPS) is 11.0. The molecule has 0 atom stereocenters. The Hall–Kier alpha value is -1.98. The summed E-state index contributed by atoms with van der Waals surface area (Å²) in [5.74, 6) is -0.903. The molecule has 22 heavy (non-hydrogen) atoms. The standard InChI is InChI=1S/C16H11BrClNO3/c17-12-5-9(1-3-13(12)18)8-19-14-4-2-11(20)6-10(14)7-15(19)16(21)22/h1-7,20H,8H2,(H,21,22). The van der Waals surface area contributed by atoms with E-state index in [0.29, 0.717) is 17.0 Å². The average molecular weight is 381 g/mol. The van der Waals surface area contributed by atoms with Crippen LogP contribution in [0.25, 0.3) is 10.9 Å². The number of phenolic OH excluding ortho intramolecular Hbond substituents is 1. The van der Waals surface area contributed by atoms with Gasteiger partial charge in [-0.3, -0.25) is 0 Å². The van der Waals surface area contributed by atoms with Gasteiger partial charge in [-0.05, 0) is 57.9 Å². The average Bonchev–Trinajstić information content (AvgIpc) is 2.81. The third-order valence-corrected chi connectivity index (χ3v) is 4.64. The number of hydrogen-bond donors (Lipinski definition) is 2. The summed E-state index contributed by atoms with van der Waals surface area (Å²) >= 11 is 9.35. The molecular formula is C16H11BrClNO3. The van der Waals surface area contributed by atoms with E-state index in [-0.39, 0.29) is 11.4 Å². The molecule has 0 fully saturated rings. The highest BCUT2D eigenvalue weighted by molar-refractivity contribution is 9.10. The van der Waals surface area contributed by atoms with Crippen LogP contribution < -0.4 is 0 Å². The Morgan fingerprint density at radius 1 is 1.18 bits per heavy atom. The molecule has 2 N–H and O–H groups in total. The fourth-order valence-corrected chi connectivity index (χ4v) is 2.97. The number of halogens is 2. The molecule has 0 bridgehead atoms. The number of aromatic carboxylic acids is 1. The molecule has 1 aromatic heterocycles. The SMILES string of the molecule is O=C(O)c1cc2cc(O)ccc2n1Cc1ccc(Cl)c(Br)c1. The number of aromatic hydroxyl groups is 1. The van der Waals surface area contributed by atoms with Crippen molar-refractivity contribution in [1.29, 1.82) is 0 Å². The maximum absolute atomic E-state index is 11.5. The lowest BCUT2D eigenvalue weighted by Gasteiger charge is -2.09. The minimum Gasteiger partial charge on any atom is -0.508 e. The summed E-state index contributed by atoms with van der Waals surface area (Å²) < 4.78 is 2.46. The molecule has 3 rings (SSSR count). The van der Waals surface area contributed by atoms with Crippen LogP contribution in [0.3, 0.4) is 0 Å². The van der Waals surface area contributed by atoms with Gasteiger partial charge in [0.1, 0.15) is 11.4 Å². The van der Waals surface area contributed by atoms with Gasteiger partial charge in [0.15, 0.2) is 0 Å². The topological polar surface area (TPSA) is 62.5 Å². The molecule has 0 unspecified atom stereocenters. The van der Waals surface area contributed by atoms with Crippen molar-refractivity contribution in [2.45, 2.75) is 6.54 Å². The third kappa shape index (κ3) is 2.69. The molecule has 0 amide bonds. The number of fused-ring (bicyclic) bond motifs is 1. The number of nitrogens with zero attached hydrogens (tertiary/aromatic N) is 1. The first-order chi connectivity index (χ1) is 10.5.